The molecule has 2 rings (SSSR count). The second-order valence-electron chi connectivity index (χ2n) is 5.45. The van der Waals surface area contributed by atoms with Gasteiger partial charge in [-0.15, -0.1) is 0 Å². The van der Waals surface area contributed by atoms with Gasteiger partial charge in [0.2, 0.25) is 0 Å². The van der Waals surface area contributed by atoms with Crippen molar-refractivity contribution < 1.29 is 4.79 Å². The average Bonchev–Trinajstić information content (AvgIpc) is 2.70. The van der Waals surface area contributed by atoms with Crippen LogP contribution in [0.3, 0.4) is 0 Å². The van der Waals surface area contributed by atoms with Gasteiger partial charge in [-0.1, -0.05) is 32.0 Å². The maximum absolute atomic E-state index is 12.4. The van der Waals surface area contributed by atoms with E-state index in [1.807, 2.05) is 33.0 Å². The van der Waals surface area contributed by atoms with Crippen LogP contribution in [0, 0.1) is 13.8 Å². The lowest BCUT2D eigenvalue weighted by Crippen LogP contribution is -2.15. The number of carbonyl (C=O) groups is 1. The molecule has 0 saturated heterocycles. The van der Waals surface area contributed by atoms with Gasteiger partial charge >= 0.3 is 0 Å². The number of anilines is 1. The number of carbonyl (C=O) groups excluding carboxylic acids is 1. The van der Waals surface area contributed by atoms with Gasteiger partial charge in [0.25, 0.3) is 5.91 Å². The fraction of sp³-hybridized carbons (Fsp3) is 0.375. The number of benzene rings is 1. The summed E-state index contributed by atoms with van der Waals surface area (Å²) in [4.78, 5) is 12.4. The van der Waals surface area contributed by atoms with E-state index in [0.29, 0.717) is 11.5 Å². The molecule has 0 saturated carbocycles. The van der Waals surface area contributed by atoms with Crippen molar-refractivity contribution in [2.75, 3.05) is 5.32 Å². The third-order valence-corrected chi connectivity index (χ3v) is 3.42. The number of rotatable bonds is 3. The molecule has 1 aromatic carbocycles. The Labute approximate surface area is 119 Å². The molecule has 0 aliphatic heterocycles. The van der Waals surface area contributed by atoms with Crippen molar-refractivity contribution in [3.8, 4) is 0 Å². The van der Waals surface area contributed by atoms with Crippen LogP contribution in [-0.2, 0) is 7.05 Å². The summed E-state index contributed by atoms with van der Waals surface area (Å²) in [7, 11) is 1.82. The van der Waals surface area contributed by atoms with E-state index in [9.17, 15) is 4.79 Å². The molecule has 0 unspecified atom stereocenters. The van der Waals surface area contributed by atoms with E-state index < -0.39 is 0 Å². The van der Waals surface area contributed by atoms with Gasteiger partial charge in [-0.25, -0.2) is 0 Å². The predicted octanol–water partition coefficient (Wildman–Crippen LogP) is 3.41. The Hall–Kier alpha value is -2.10. The first-order valence-electron chi connectivity index (χ1n) is 6.81. The maximum Gasteiger partial charge on any atom is 0.259 e. The molecule has 20 heavy (non-hydrogen) atoms. The summed E-state index contributed by atoms with van der Waals surface area (Å²) in [6, 6.07) is 6.09. The highest BCUT2D eigenvalue weighted by atomic mass is 16.1. The van der Waals surface area contributed by atoms with Crippen LogP contribution in [-0.4, -0.2) is 15.7 Å². The molecule has 0 atom stereocenters. The van der Waals surface area contributed by atoms with Crippen molar-refractivity contribution in [2.45, 2.75) is 33.6 Å². The number of aromatic nitrogens is 2. The summed E-state index contributed by atoms with van der Waals surface area (Å²) < 4.78 is 1.66. The number of amides is 1. The second kappa shape index (κ2) is 5.49. The fourth-order valence-electron chi connectivity index (χ4n) is 2.35. The highest BCUT2D eigenvalue weighted by Crippen LogP contribution is 2.28. The summed E-state index contributed by atoms with van der Waals surface area (Å²) in [6.07, 6.45) is 1.75. The van der Waals surface area contributed by atoms with Gasteiger partial charge in [0.05, 0.1) is 11.3 Å². The number of hydrogen-bond acceptors (Lipinski definition) is 2. The SMILES string of the molecule is Cc1cccc(C(C)C)c1NC(=O)c1cn(C)nc1C. The molecule has 2 aromatic rings. The molecule has 0 aliphatic carbocycles. The Balaban J connectivity index is 2.35. The van der Waals surface area contributed by atoms with Crippen LogP contribution in [0.2, 0.25) is 0 Å². The number of para-hydroxylation sites is 1. The van der Waals surface area contributed by atoms with Crippen LogP contribution >= 0.6 is 0 Å². The summed E-state index contributed by atoms with van der Waals surface area (Å²) in [5.41, 5.74) is 4.50. The van der Waals surface area contributed by atoms with Crippen molar-refractivity contribution in [1.29, 1.82) is 0 Å². The summed E-state index contributed by atoms with van der Waals surface area (Å²) in [6.45, 7) is 8.10. The topological polar surface area (TPSA) is 46.9 Å². The van der Waals surface area contributed by atoms with E-state index in [1.54, 1.807) is 10.9 Å². The molecule has 1 amide bonds. The third kappa shape index (κ3) is 2.74. The molecule has 4 nitrogen and oxygen atoms in total. The van der Waals surface area contributed by atoms with Crippen LogP contribution in [0.5, 0.6) is 0 Å². The van der Waals surface area contributed by atoms with Crippen LogP contribution in [0.15, 0.2) is 24.4 Å². The summed E-state index contributed by atoms with van der Waals surface area (Å²) >= 11 is 0. The molecule has 1 aromatic heterocycles. The Bertz CT molecular complexity index is 641. The first-order chi connectivity index (χ1) is 9.40. The average molecular weight is 271 g/mol. The van der Waals surface area contributed by atoms with E-state index in [1.165, 1.54) is 0 Å². The molecular weight excluding hydrogens is 250 g/mol. The minimum atomic E-state index is -0.105. The van der Waals surface area contributed by atoms with Gasteiger partial charge in [0, 0.05) is 18.9 Å². The lowest BCUT2D eigenvalue weighted by molar-refractivity contribution is 0.102. The molecule has 4 heteroatoms. The lowest BCUT2D eigenvalue weighted by Gasteiger charge is -2.16. The zero-order chi connectivity index (χ0) is 14.9. The van der Waals surface area contributed by atoms with Crippen molar-refractivity contribution >= 4 is 11.6 Å². The Morgan fingerprint density at radius 1 is 1.30 bits per heavy atom. The van der Waals surface area contributed by atoms with Crippen LogP contribution in [0.25, 0.3) is 0 Å². The Kier molecular flexibility index (Phi) is 3.93. The van der Waals surface area contributed by atoms with Crippen LogP contribution in [0.4, 0.5) is 5.69 Å². The predicted molar refractivity (Wildman–Crippen MR) is 81.2 cm³/mol. The molecular formula is C16H21N3O. The monoisotopic (exact) mass is 271 g/mol. The number of aryl methyl sites for hydroxylation is 3. The lowest BCUT2D eigenvalue weighted by atomic mass is 9.98. The van der Waals surface area contributed by atoms with E-state index in [0.717, 1.165) is 22.5 Å². The van der Waals surface area contributed by atoms with E-state index in [2.05, 4.69) is 30.3 Å². The third-order valence-electron chi connectivity index (χ3n) is 3.42. The molecule has 0 bridgehead atoms. The van der Waals surface area contributed by atoms with E-state index >= 15 is 0 Å². The molecule has 1 N–H and O–H groups in total. The van der Waals surface area contributed by atoms with Gasteiger partial charge < -0.3 is 5.32 Å². The first-order valence-corrected chi connectivity index (χ1v) is 6.81. The van der Waals surface area contributed by atoms with E-state index in [-0.39, 0.29) is 5.91 Å². The standard InChI is InChI=1S/C16H21N3O/c1-10(2)13-8-6-7-11(3)15(13)17-16(20)14-9-19(5)18-12(14)4/h6-10H,1-5H3,(H,17,20). The van der Waals surface area contributed by atoms with Gasteiger partial charge in [0.15, 0.2) is 0 Å². The van der Waals surface area contributed by atoms with Gasteiger partial charge in [-0.3, -0.25) is 9.48 Å². The summed E-state index contributed by atoms with van der Waals surface area (Å²) in [5, 5.41) is 7.25. The maximum atomic E-state index is 12.4. The molecule has 106 valence electrons. The molecule has 0 spiro atoms. The minimum absolute atomic E-state index is 0.105. The normalized spacial score (nSPS) is 10.9. The Morgan fingerprint density at radius 3 is 2.55 bits per heavy atom. The molecule has 0 radical (unpaired) electrons. The largest absolute Gasteiger partial charge is 0.321 e. The fourth-order valence-corrected chi connectivity index (χ4v) is 2.35. The number of nitrogens with zero attached hydrogens (tertiary/aromatic N) is 2. The number of nitrogens with one attached hydrogen (secondary N) is 1. The smallest absolute Gasteiger partial charge is 0.259 e. The van der Waals surface area contributed by atoms with Gasteiger partial charge in [-0.2, -0.15) is 5.10 Å². The first kappa shape index (κ1) is 14.3. The van der Waals surface area contributed by atoms with Crippen molar-refractivity contribution in [2.24, 2.45) is 7.05 Å². The number of hydrogen-bond donors (Lipinski definition) is 1. The Morgan fingerprint density at radius 2 is 2.00 bits per heavy atom. The van der Waals surface area contributed by atoms with Crippen LogP contribution < -0.4 is 5.32 Å². The quantitative estimate of drug-likeness (QED) is 0.930. The van der Waals surface area contributed by atoms with Crippen molar-refractivity contribution in [3.05, 3.63) is 46.8 Å². The van der Waals surface area contributed by atoms with Gasteiger partial charge in [-0.05, 0) is 30.9 Å². The summed E-state index contributed by atoms with van der Waals surface area (Å²) in [5.74, 6) is 0.256. The van der Waals surface area contributed by atoms with E-state index in [4.69, 9.17) is 0 Å². The second-order valence-corrected chi connectivity index (χ2v) is 5.45. The van der Waals surface area contributed by atoms with Crippen LogP contribution in [0.1, 0.15) is 46.9 Å². The van der Waals surface area contributed by atoms with Gasteiger partial charge in [0.1, 0.15) is 0 Å². The van der Waals surface area contributed by atoms with Crippen molar-refractivity contribution in [3.63, 3.8) is 0 Å². The molecule has 0 fully saturated rings. The van der Waals surface area contributed by atoms with Crippen molar-refractivity contribution in [1.82, 2.24) is 9.78 Å². The zero-order valence-electron chi connectivity index (χ0n) is 12.7. The zero-order valence-corrected chi connectivity index (χ0v) is 12.7. The highest BCUT2D eigenvalue weighted by Gasteiger charge is 2.16. The highest BCUT2D eigenvalue weighted by molar-refractivity contribution is 6.05. The molecule has 1 heterocycles. The minimum Gasteiger partial charge on any atom is -0.321 e. The molecule has 0 aliphatic rings.